The Bertz CT molecular complexity index is 827. The van der Waals surface area contributed by atoms with Gasteiger partial charge in [0.1, 0.15) is 10.8 Å². The molecule has 1 heterocycles. The quantitative estimate of drug-likeness (QED) is 0.368. The van der Waals surface area contributed by atoms with Crippen molar-refractivity contribution in [3.63, 3.8) is 0 Å². The van der Waals surface area contributed by atoms with Crippen LogP contribution in [0.15, 0.2) is 41.7 Å². The Morgan fingerprint density at radius 1 is 1.40 bits per heavy atom. The number of hydrogen-bond donors (Lipinski definition) is 1. The highest BCUT2D eigenvalue weighted by atomic mass is 35.5. The average Bonchev–Trinajstić information content (AvgIpc) is 2.54. The number of alkyl halides is 3. The van der Waals surface area contributed by atoms with Crippen LogP contribution in [-0.4, -0.2) is 27.4 Å². The molecule has 0 radical (unpaired) electrons. The molecule has 0 saturated heterocycles. The van der Waals surface area contributed by atoms with Crippen molar-refractivity contribution in [3.05, 3.63) is 62.8 Å². The zero-order chi connectivity index (χ0) is 18.6. The van der Waals surface area contributed by atoms with Crippen LogP contribution in [0.1, 0.15) is 11.1 Å². The normalized spacial score (nSPS) is 12.1. The molecule has 132 valence electrons. The van der Waals surface area contributed by atoms with Gasteiger partial charge in [-0.15, -0.1) is 0 Å². The van der Waals surface area contributed by atoms with Crippen LogP contribution in [0.3, 0.4) is 0 Å². The van der Waals surface area contributed by atoms with Gasteiger partial charge < -0.3 is 9.94 Å². The zero-order valence-electron chi connectivity index (χ0n) is 12.2. The van der Waals surface area contributed by atoms with Crippen LogP contribution in [0.25, 0.3) is 0 Å². The molecule has 0 bridgehead atoms. The Morgan fingerprint density at radius 2 is 2.08 bits per heavy atom. The predicted molar refractivity (Wildman–Crippen MR) is 80.9 cm³/mol. The van der Waals surface area contributed by atoms with Crippen LogP contribution in [-0.2, 0) is 6.18 Å². The molecule has 0 fully saturated rings. The molecule has 25 heavy (non-hydrogen) atoms. The first kappa shape index (κ1) is 18.5. The lowest BCUT2D eigenvalue weighted by atomic mass is 10.1. The maximum Gasteiger partial charge on any atom is 0.417 e. The van der Waals surface area contributed by atoms with Crippen molar-refractivity contribution in [3.8, 4) is 11.6 Å². The van der Waals surface area contributed by atoms with E-state index in [1.807, 2.05) is 0 Å². The van der Waals surface area contributed by atoms with Crippen molar-refractivity contribution >= 4 is 17.3 Å². The molecule has 0 atom stereocenters. The molecule has 2 rings (SSSR count). The fourth-order valence-electron chi connectivity index (χ4n) is 1.85. The highest BCUT2D eigenvalue weighted by Gasteiger charge is 2.32. The first-order chi connectivity index (χ1) is 11.7. The number of nitrogens with zero attached hydrogens (tertiary/aromatic N) is 3. The van der Waals surface area contributed by atoms with Crippen molar-refractivity contribution in [2.45, 2.75) is 6.18 Å². The van der Waals surface area contributed by atoms with E-state index < -0.39 is 28.2 Å². The Hall–Kier alpha value is -2.88. The van der Waals surface area contributed by atoms with Crippen LogP contribution in [0.5, 0.6) is 11.6 Å². The summed E-state index contributed by atoms with van der Waals surface area (Å²) in [6.45, 7) is -0.787. The molecule has 0 saturated carbocycles. The average molecular weight is 376 g/mol. The number of halogens is 4. The first-order valence-electron chi connectivity index (χ1n) is 6.55. The third kappa shape index (κ3) is 4.57. The van der Waals surface area contributed by atoms with Crippen molar-refractivity contribution in [2.75, 3.05) is 6.54 Å². The number of pyridine rings is 1. The Morgan fingerprint density at radius 3 is 2.64 bits per heavy atom. The van der Waals surface area contributed by atoms with Gasteiger partial charge in [-0.2, -0.15) is 13.2 Å². The second kappa shape index (κ2) is 7.34. The minimum Gasteiger partial charge on any atom is -0.437 e. The number of aromatic nitrogens is 1. The highest BCUT2D eigenvalue weighted by molar-refractivity contribution is 6.31. The summed E-state index contributed by atoms with van der Waals surface area (Å²) in [5, 5.41) is 22.1. The summed E-state index contributed by atoms with van der Waals surface area (Å²) in [6, 6.07) is 6.42. The number of para-hydroxylation sites is 1. The minimum atomic E-state index is -4.62. The minimum absolute atomic E-state index is 0.0219. The van der Waals surface area contributed by atoms with E-state index in [2.05, 4.69) is 10.1 Å². The second-order valence-electron chi connectivity index (χ2n) is 4.64. The summed E-state index contributed by atoms with van der Waals surface area (Å²) in [6.07, 6.45) is -4.07. The SMILES string of the molecule is O=[N+]([O-])C/C(=N\O)c1ccccc1Oc1ncc(C(F)(F)F)cc1Cl. The van der Waals surface area contributed by atoms with Crippen molar-refractivity contribution in [1.82, 2.24) is 4.98 Å². The van der Waals surface area contributed by atoms with E-state index in [-0.39, 0.29) is 22.9 Å². The monoisotopic (exact) mass is 375 g/mol. The highest BCUT2D eigenvalue weighted by Crippen LogP contribution is 2.35. The molecule has 1 N–H and O–H groups in total. The molecule has 0 aliphatic rings. The number of hydrogen-bond acceptors (Lipinski definition) is 6. The van der Waals surface area contributed by atoms with Crippen LogP contribution in [0.4, 0.5) is 13.2 Å². The summed E-state index contributed by atoms with van der Waals surface area (Å²) in [4.78, 5) is 13.4. The third-order valence-electron chi connectivity index (χ3n) is 2.94. The third-order valence-corrected chi connectivity index (χ3v) is 3.21. The molecule has 11 heteroatoms. The van der Waals surface area contributed by atoms with Crippen LogP contribution < -0.4 is 4.74 Å². The fraction of sp³-hybridized carbons (Fsp3) is 0.143. The van der Waals surface area contributed by atoms with E-state index in [4.69, 9.17) is 21.5 Å². The van der Waals surface area contributed by atoms with Crippen LogP contribution >= 0.6 is 11.6 Å². The maximum atomic E-state index is 12.6. The lowest BCUT2D eigenvalue weighted by molar-refractivity contribution is -0.463. The largest absolute Gasteiger partial charge is 0.437 e. The number of nitro groups is 1. The summed E-state index contributed by atoms with van der Waals surface area (Å²) in [7, 11) is 0. The smallest absolute Gasteiger partial charge is 0.417 e. The number of benzene rings is 1. The van der Waals surface area contributed by atoms with Crippen LogP contribution in [0.2, 0.25) is 5.02 Å². The van der Waals surface area contributed by atoms with Gasteiger partial charge in [0, 0.05) is 16.7 Å². The van der Waals surface area contributed by atoms with Crippen molar-refractivity contribution in [1.29, 1.82) is 0 Å². The molecule has 1 aromatic carbocycles. The van der Waals surface area contributed by atoms with E-state index in [1.165, 1.54) is 24.3 Å². The van der Waals surface area contributed by atoms with Gasteiger partial charge in [0.2, 0.25) is 12.4 Å². The lowest BCUT2D eigenvalue weighted by Gasteiger charge is -2.12. The topological polar surface area (TPSA) is 97.9 Å². The number of oxime groups is 1. The molecule has 1 aromatic heterocycles. The molecule has 2 aromatic rings. The summed E-state index contributed by atoms with van der Waals surface area (Å²) in [5.74, 6) is -0.355. The summed E-state index contributed by atoms with van der Waals surface area (Å²) < 4.78 is 43.2. The van der Waals surface area contributed by atoms with Crippen molar-refractivity contribution < 1.29 is 28.0 Å². The molecule has 0 aliphatic carbocycles. The maximum absolute atomic E-state index is 12.6. The standard InChI is InChI=1S/C14H9ClF3N3O4/c15-10-5-8(14(16,17)18)6-19-13(10)25-12-4-2-1-3-9(12)11(20-22)7-21(23)24/h1-6,22H,7H2/b20-11+. The fourth-order valence-corrected chi connectivity index (χ4v) is 2.05. The van der Waals surface area contributed by atoms with E-state index in [1.54, 1.807) is 0 Å². The van der Waals surface area contributed by atoms with Crippen molar-refractivity contribution in [2.24, 2.45) is 5.16 Å². The molecule has 0 unspecified atom stereocenters. The molecule has 0 aliphatic heterocycles. The summed E-state index contributed by atoms with van der Waals surface area (Å²) >= 11 is 5.76. The number of ether oxygens (including phenoxy) is 1. The van der Waals surface area contributed by atoms with Gasteiger partial charge in [-0.25, -0.2) is 4.98 Å². The Kier molecular flexibility index (Phi) is 5.42. The van der Waals surface area contributed by atoms with Gasteiger partial charge in [0.05, 0.1) is 5.56 Å². The van der Waals surface area contributed by atoms with E-state index in [0.717, 1.165) is 0 Å². The molecular formula is C14H9ClF3N3O4. The van der Waals surface area contributed by atoms with Gasteiger partial charge in [-0.05, 0) is 18.2 Å². The van der Waals surface area contributed by atoms with Gasteiger partial charge in [-0.1, -0.05) is 28.9 Å². The van der Waals surface area contributed by atoms with E-state index >= 15 is 0 Å². The van der Waals surface area contributed by atoms with Gasteiger partial charge in [0.25, 0.3) is 0 Å². The predicted octanol–water partition coefficient (Wildman–Crippen LogP) is 4.00. The summed E-state index contributed by atoms with van der Waals surface area (Å²) in [5.41, 5.74) is -1.29. The Labute approximate surface area is 143 Å². The Balaban J connectivity index is 2.37. The number of rotatable bonds is 5. The molecular weight excluding hydrogens is 367 g/mol. The van der Waals surface area contributed by atoms with E-state index in [9.17, 15) is 23.3 Å². The zero-order valence-corrected chi connectivity index (χ0v) is 13.0. The lowest BCUT2D eigenvalue weighted by Crippen LogP contribution is -2.16. The molecule has 0 amide bonds. The van der Waals surface area contributed by atoms with Gasteiger partial charge >= 0.3 is 6.18 Å². The van der Waals surface area contributed by atoms with Gasteiger partial charge in [0.15, 0.2) is 5.71 Å². The molecule has 0 spiro atoms. The van der Waals surface area contributed by atoms with Crippen LogP contribution in [0, 0.1) is 10.1 Å². The second-order valence-corrected chi connectivity index (χ2v) is 5.05. The molecule has 7 nitrogen and oxygen atoms in total. The van der Waals surface area contributed by atoms with E-state index in [0.29, 0.717) is 12.3 Å². The first-order valence-corrected chi connectivity index (χ1v) is 6.93. The van der Waals surface area contributed by atoms with Gasteiger partial charge in [-0.3, -0.25) is 10.1 Å².